The smallest absolute Gasteiger partial charge is 0.265 e. The van der Waals surface area contributed by atoms with E-state index in [0.29, 0.717) is 20.7 Å². The SMILES string of the molecule is Nc1c(Cl)cc(NC(=O)c2cc3c(F)cccc3s2)cc1Cl. The Kier molecular flexibility index (Phi) is 3.95. The summed E-state index contributed by atoms with van der Waals surface area (Å²) in [5.74, 6) is -0.719. The molecule has 0 saturated heterocycles. The number of hydrogen-bond donors (Lipinski definition) is 2. The van der Waals surface area contributed by atoms with Crippen molar-refractivity contribution >= 4 is 61.9 Å². The van der Waals surface area contributed by atoms with Crippen LogP contribution in [0.2, 0.25) is 10.0 Å². The molecule has 3 N–H and O–H groups in total. The van der Waals surface area contributed by atoms with Crippen molar-refractivity contribution in [1.29, 1.82) is 0 Å². The summed E-state index contributed by atoms with van der Waals surface area (Å²) in [7, 11) is 0. The molecule has 0 spiro atoms. The van der Waals surface area contributed by atoms with Gasteiger partial charge in [0, 0.05) is 15.8 Å². The minimum atomic E-state index is -0.363. The standard InChI is InChI=1S/C15H9Cl2FN2OS/c16-9-4-7(5-10(17)14(9)19)20-15(21)13-6-8-11(18)2-1-3-12(8)22-13/h1-6H,19H2,(H,20,21). The number of rotatable bonds is 2. The van der Waals surface area contributed by atoms with Crippen LogP contribution in [0.1, 0.15) is 9.67 Å². The fraction of sp³-hybridized carbons (Fsp3) is 0. The van der Waals surface area contributed by atoms with E-state index in [1.54, 1.807) is 12.1 Å². The fourth-order valence-corrected chi connectivity index (χ4v) is 3.44. The van der Waals surface area contributed by atoms with Gasteiger partial charge in [-0.15, -0.1) is 11.3 Å². The Labute approximate surface area is 139 Å². The first kappa shape index (κ1) is 15.1. The number of carbonyl (C=O) groups excluding carboxylic acids is 1. The molecule has 0 atom stereocenters. The van der Waals surface area contributed by atoms with Gasteiger partial charge in [0.15, 0.2) is 0 Å². The van der Waals surface area contributed by atoms with E-state index in [1.807, 2.05) is 0 Å². The van der Waals surface area contributed by atoms with Crippen molar-refractivity contribution in [2.45, 2.75) is 0 Å². The third-order valence-corrected chi connectivity index (χ3v) is 4.79. The molecule has 1 amide bonds. The first-order valence-electron chi connectivity index (χ1n) is 6.19. The Balaban J connectivity index is 1.92. The number of nitrogen functional groups attached to an aromatic ring is 1. The minimum Gasteiger partial charge on any atom is -0.396 e. The second-order valence-corrected chi connectivity index (χ2v) is 6.47. The Morgan fingerprint density at radius 2 is 1.86 bits per heavy atom. The molecule has 7 heteroatoms. The van der Waals surface area contributed by atoms with Crippen LogP contribution in [0.3, 0.4) is 0 Å². The van der Waals surface area contributed by atoms with Gasteiger partial charge in [0.05, 0.1) is 20.6 Å². The maximum absolute atomic E-state index is 13.7. The molecular weight excluding hydrogens is 346 g/mol. The van der Waals surface area contributed by atoms with Gasteiger partial charge in [0.25, 0.3) is 5.91 Å². The molecule has 3 aromatic rings. The summed E-state index contributed by atoms with van der Waals surface area (Å²) in [6, 6.07) is 9.26. The number of benzene rings is 2. The lowest BCUT2D eigenvalue weighted by atomic mass is 10.2. The lowest BCUT2D eigenvalue weighted by molar-refractivity contribution is 0.103. The van der Waals surface area contributed by atoms with Crippen LogP contribution in [-0.2, 0) is 0 Å². The number of thiophene rings is 1. The second-order valence-electron chi connectivity index (χ2n) is 4.57. The van der Waals surface area contributed by atoms with Crippen molar-refractivity contribution < 1.29 is 9.18 Å². The van der Waals surface area contributed by atoms with Crippen LogP contribution in [0, 0.1) is 5.82 Å². The fourth-order valence-electron chi connectivity index (χ4n) is 1.99. The van der Waals surface area contributed by atoms with Crippen LogP contribution in [-0.4, -0.2) is 5.91 Å². The molecule has 112 valence electrons. The quantitative estimate of drug-likeness (QED) is 0.622. The van der Waals surface area contributed by atoms with Crippen LogP contribution >= 0.6 is 34.5 Å². The Morgan fingerprint density at radius 3 is 2.50 bits per heavy atom. The summed E-state index contributed by atoms with van der Waals surface area (Å²) in [5, 5.41) is 3.60. The molecule has 0 fully saturated rings. The van der Waals surface area contributed by atoms with Crippen molar-refractivity contribution in [3.63, 3.8) is 0 Å². The van der Waals surface area contributed by atoms with Crippen LogP contribution in [0.4, 0.5) is 15.8 Å². The lowest BCUT2D eigenvalue weighted by Gasteiger charge is -2.07. The van der Waals surface area contributed by atoms with Crippen molar-refractivity contribution in [3.05, 3.63) is 57.1 Å². The summed E-state index contributed by atoms with van der Waals surface area (Å²) >= 11 is 13.1. The molecule has 0 bridgehead atoms. The van der Waals surface area contributed by atoms with Gasteiger partial charge in [-0.2, -0.15) is 0 Å². The summed E-state index contributed by atoms with van der Waals surface area (Å²) in [4.78, 5) is 12.7. The molecule has 0 aliphatic carbocycles. The zero-order valence-electron chi connectivity index (χ0n) is 11.0. The molecule has 0 radical (unpaired) electrons. The van der Waals surface area contributed by atoms with Crippen LogP contribution in [0.25, 0.3) is 10.1 Å². The van der Waals surface area contributed by atoms with Gasteiger partial charge in [-0.3, -0.25) is 4.79 Å². The van der Waals surface area contributed by atoms with Crippen LogP contribution in [0.5, 0.6) is 0 Å². The highest BCUT2D eigenvalue weighted by Gasteiger charge is 2.14. The Bertz CT molecular complexity index is 871. The predicted octanol–water partition coefficient (Wildman–Crippen LogP) is 5.18. The van der Waals surface area contributed by atoms with Gasteiger partial charge >= 0.3 is 0 Å². The summed E-state index contributed by atoms with van der Waals surface area (Å²) < 4.78 is 14.4. The van der Waals surface area contributed by atoms with Crippen molar-refractivity contribution in [1.82, 2.24) is 0 Å². The zero-order chi connectivity index (χ0) is 15.9. The first-order chi connectivity index (χ1) is 10.5. The molecule has 1 aromatic heterocycles. The Morgan fingerprint density at radius 1 is 1.18 bits per heavy atom. The molecule has 3 nitrogen and oxygen atoms in total. The number of hydrogen-bond acceptors (Lipinski definition) is 3. The molecular formula is C15H9Cl2FN2OS. The molecule has 22 heavy (non-hydrogen) atoms. The highest BCUT2D eigenvalue weighted by atomic mass is 35.5. The normalized spacial score (nSPS) is 10.9. The molecule has 3 rings (SSSR count). The molecule has 2 aromatic carbocycles. The van der Waals surface area contributed by atoms with Gasteiger partial charge in [-0.1, -0.05) is 29.3 Å². The number of fused-ring (bicyclic) bond motifs is 1. The van der Waals surface area contributed by atoms with Gasteiger partial charge in [0.1, 0.15) is 5.82 Å². The highest BCUT2D eigenvalue weighted by Crippen LogP contribution is 2.32. The van der Waals surface area contributed by atoms with E-state index < -0.39 is 0 Å². The average Bonchev–Trinajstić information content (AvgIpc) is 2.90. The summed E-state index contributed by atoms with van der Waals surface area (Å²) in [6.07, 6.45) is 0. The molecule has 0 saturated carbocycles. The second kappa shape index (κ2) is 5.76. The van der Waals surface area contributed by atoms with Gasteiger partial charge in [-0.05, 0) is 30.3 Å². The third-order valence-electron chi connectivity index (χ3n) is 3.07. The van der Waals surface area contributed by atoms with Crippen molar-refractivity contribution in [3.8, 4) is 0 Å². The van der Waals surface area contributed by atoms with Gasteiger partial charge < -0.3 is 11.1 Å². The van der Waals surface area contributed by atoms with Crippen molar-refractivity contribution in [2.75, 3.05) is 11.1 Å². The average molecular weight is 355 g/mol. The topological polar surface area (TPSA) is 55.1 Å². The highest BCUT2D eigenvalue weighted by molar-refractivity contribution is 7.20. The minimum absolute atomic E-state index is 0.255. The largest absolute Gasteiger partial charge is 0.396 e. The maximum atomic E-state index is 13.7. The molecule has 0 aliphatic rings. The number of anilines is 2. The van der Waals surface area contributed by atoms with Crippen LogP contribution in [0.15, 0.2) is 36.4 Å². The summed E-state index contributed by atoms with van der Waals surface area (Å²) in [6.45, 7) is 0. The van der Waals surface area contributed by atoms with E-state index in [1.165, 1.54) is 35.6 Å². The maximum Gasteiger partial charge on any atom is 0.265 e. The Hall–Kier alpha value is -1.82. The third kappa shape index (κ3) is 2.75. The first-order valence-corrected chi connectivity index (χ1v) is 7.77. The number of carbonyl (C=O) groups is 1. The van der Waals surface area contributed by atoms with E-state index in [0.717, 1.165) is 0 Å². The van der Waals surface area contributed by atoms with Gasteiger partial charge in [0.2, 0.25) is 0 Å². The number of nitrogens with one attached hydrogen (secondary N) is 1. The monoisotopic (exact) mass is 354 g/mol. The van der Waals surface area contributed by atoms with E-state index in [4.69, 9.17) is 28.9 Å². The molecule has 0 unspecified atom stereocenters. The number of nitrogens with two attached hydrogens (primary N) is 1. The van der Waals surface area contributed by atoms with E-state index in [9.17, 15) is 9.18 Å². The van der Waals surface area contributed by atoms with E-state index in [2.05, 4.69) is 5.32 Å². The van der Waals surface area contributed by atoms with E-state index >= 15 is 0 Å². The molecule has 1 heterocycles. The number of halogens is 3. The van der Waals surface area contributed by atoms with E-state index in [-0.39, 0.29) is 27.5 Å². The molecule has 0 aliphatic heterocycles. The van der Waals surface area contributed by atoms with Crippen LogP contribution < -0.4 is 11.1 Å². The summed E-state index contributed by atoms with van der Waals surface area (Å²) in [5.41, 5.74) is 6.32. The van der Waals surface area contributed by atoms with Gasteiger partial charge in [-0.25, -0.2) is 4.39 Å². The zero-order valence-corrected chi connectivity index (χ0v) is 13.3. The lowest BCUT2D eigenvalue weighted by Crippen LogP contribution is -2.10. The van der Waals surface area contributed by atoms with Crippen molar-refractivity contribution in [2.24, 2.45) is 0 Å². The number of amides is 1. The predicted molar refractivity (Wildman–Crippen MR) is 90.6 cm³/mol.